The van der Waals surface area contributed by atoms with E-state index in [2.05, 4.69) is 15.7 Å². The van der Waals surface area contributed by atoms with Crippen LogP contribution in [0.2, 0.25) is 0 Å². The van der Waals surface area contributed by atoms with E-state index in [0.29, 0.717) is 24.9 Å². The largest absolute Gasteiger partial charge is 0.492 e. The van der Waals surface area contributed by atoms with Crippen molar-refractivity contribution in [2.45, 2.75) is 25.8 Å². The zero-order chi connectivity index (χ0) is 16.8. The van der Waals surface area contributed by atoms with Crippen LogP contribution in [0.5, 0.6) is 5.75 Å². The minimum absolute atomic E-state index is 0. The van der Waals surface area contributed by atoms with E-state index in [9.17, 15) is 4.79 Å². The van der Waals surface area contributed by atoms with Crippen molar-refractivity contribution in [1.29, 1.82) is 0 Å². The Morgan fingerprint density at radius 1 is 1.36 bits per heavy atom. The molecule has 1 aliphatic heterocycles. The van der Waals surface area contributed by atoms with E-state index in [1.165, 1.54) is 5.56 Å². The molecular weight excluding hydrogens is 340 g/mol. The normalized spacial score (nSPS) is 16.8. The molecule has 0 saturated carbocycles. The lowest BCUT2D eigenvalue weighted by Crippen LogP contribution is -2.32. The second-order valence-electron chi connectivity index (χ2n) is 6.10. The topological polar surface area (TPSA) is 68.2 Å². The summed E-state index contributed by atoms with van der Waals surface area (Å²) in [5.74, 6) is 0.647. The van der Waals surface area contributed by atoms with Gasteiger partial charge in [-0.2, -0.15) is 5.10 Å². The lowest BCUT2D eigenvalue weighted by atomic mass is 10.1. The van der Waals surface area contributed by atoms with Crippen molar-refractivity contribution in [1.82, 2.24) is 20.4 Å². The molecule has 0 spiro atoms. The fraction of sp³-hybridized carbons (Fsp3) is 0.444. The molecule has 1 amide bonds. The quantitative estimate of drug-likeness (QED) is 0.772. The average Bonchev–Trinajstić information content (AvgIpc) is 3.11. The van der Waals surface area contributed by atoms with Crippen molar-refractivity contribution < 1.29 is 9.53 Å². The van der Waals surface area contributed by atoms with Crippen LogP contribution in [-0.2, 0) is 0 Å². The highest BCUT2D eigenvalue weighted by Gasteiger charge is 2.17. The van der Waals surface area contributed by atoms with Crippen LogP contribution in [0.15, 0.2) is 36.5 Å². The number of nitrogens with zero attached hydrogens (tertiary/aromatic N) is 2. The number of ether oxygens (including phenoxy) is 1. The van der Waals surface area contributed by atoms with Gasteiger partial charge >= 0.3 is 0 Å². The summed E-state index contributed by atoms with van der Waals surface area (Å²) in [7, 11) is 0. The molecule has 2 N–H and O–H groups in total. The Morgan fingerprint density at radius 3 is 2.88 bits per heavy atom. The van der Waals surface area contributed by atoms with E-state index in [1.807, 2.05) is 42.1 Å². The summed E-state index contributed by atoms with van der Waals surface area (Å²) in [6.45, 7) is 4.89. The minimum Gasteiger partial charge on any atom is -0.492 e. The maximum atomic E-state index is 12.1. The van der Waals surface area contributed by atoms with Crippen LogP contribution in [0.1, 0.15) is 34.9 Å². The molecule has 25 heavy (non-hydrogen) atoms. The van der Waals surface area contributed by atoms with Gasteiger partial charge in [-0.3, -0.25) is 9.48 Å². The number of aryl methyl sites for hydroxylation is 1. The lowest BCUT2D eigenvalue weighted by Gasteiger charge is -2.22. The molecule has 1 unspecified atom stereocenters. The molecule has 6 nitrogen and oxygen atoms in total. The minimum atomic E-state index is -0.162. The fourth-order valence-electron chi connectivity index (χ4n) is 2.78. The first kappa shape index (κ1) is 19.3. The second-order valence-corrected chi connectivity index (χ2v) is 6.10. The van der Waals surface area contributed by atoms with Gasteiger partial charge in [0, 0.05) is 12.7 Å². The van der Waals surface area contributed by atoms with Gasteiger partial charge in [0.2, 0.25) is 0 Å². The molecule has 2 heterocycles. The van der Waals surface area contributed by atoms with Crippen molar-refractivity contribution in [3.05, 3.63) is 47.8 Å². The van der Waals surface area contributed by atoms with Gasteiger partial charge in [0.05, 0.1) is 12.6 Å². The Morgan fingerprint density at radius 2 is 2.16 bits per heavy atom. The number of nitrogens with one attached hydrogen (secondary N) is 2. The van der Waals surface area contributed by atoms with Crippen LogP contribution in [-0.4, -0.2) is 41.9 Å². The molecule has 1 aromatic heterocycles. The van der Waals surface area contributed by atoms with Crippen LogP contribution in [0.3, 0.4) is 0 Å². The van der Waals surface area contributed by atoms with Gasteiger partial charge in [0.15, 0.2) is 0 Å². The molecule has 1 aromatic carbocycles. The zero-order valence-corrected chi connectivity index (χ0v) is 15.2. The van der Waals surface area contributed by atoms with E-state index in [1.54, 1.807) is 6.07 Å². The second kappa shape index (κ2) is 9.44. The first-order chi connectivity index (χ1) is 11.7. The molecule has 0 radical (unpaired) electrons. The Balaban J connectivity index is 0.00000225. The number of amides is 1. The highest BCUT2D eigenvalue weighted by atomic mass is 35.5. The van der Waals surface area contributed by atoms with Gasteiger partial charge in [-0.05, 0) is 44.5 Å². The van der Waals surface area contributed by atoms with Crippen LogP contribution >= 0.6 is 12.4 Å². The maximum Gasteiger partial charge on any atom is 0.271 e. The highest BCUT2D eigenvalue weighted by Crippen LogP contribution is 2.15. The third kappa shape index (κ3) is 5.47. The summed E-state index contributed by atoms with van der Waals surface area (Å²) in [6.07, 6.45) is 4.12. The van der Waals surface area contributed by atoms with E-state index in [-0.39, 0.29) is 18.3 Å². The summed E-state index contributed by atoms with van der Waals surface area (Å²) in [4.78, 5) is 12.1. The summed E-state index contributed by atoms with van der Waals surface area (Å²) < 4.78 is 7.49. The predicted octanol–water partition coefficient (Wildman–Crippen LogP) is 2.35. The fourth-order valence-corrected chi connectivity index (χ4v) is 2.78. The number of hydrogen-bond acceptors (Lipinski definition) is 4. The van der Waals surface area contributed by atoms with Gasteiger partial charge < -0.3 is 15.4 Å². The molecular formula is C18H25ClN4O2. The summed E-state index contributed by atoms with van der Waals surface area (Å²) in [5, 5.41) is 10.6. The van der Waals surface area contributed by atoms with Crippen LogP contribution < -0.4 is 15.4 Å². The SMILES string of the molecule is Cc1ccc(OCCNC(=O)c2ccn(C3CCCNC3)n2)cc1.Cl. The van der Waals surface area contributed by atoms with Gasteiger partial charge in [0.25, 0.3) is 5.91 Å². The number of carbonyl (C=O) groups is 1. The number of carbonyl (C=O) groups excluding carboxylic acids is 1. The predicted molar refractivity (Wildman–Crippen MR) is 99.6 cm³/mol. The van der Waals surface area contributed by atoms with E-state index >= 15 is 0 Å². The standard InChI is InChI=1S/C18H24N4O2.ClH/c1-14-4-6-16(7-5-14)24-12-10-20-18(23)17-8-11-22(21-17)15-3-2-9-19-13-15;/h4-8,11,15,19H,2-3,9-10,12-13H2,1H3,(H,20,23);1H. The molecule has 0 aliphatic carbocycles. The third-order valence-electron chi connectivity index (χ3n) is 4.16. The number of halogens is 1. The molecule has 0 bridgehead atoms. The number of rotatable bonds is 6. The number of aromatic nitrogens is 2. The molecule has 1 atom stereocenters. The summed E-state index contributed by atoms with van der Waals surface area (Å²) in [5.41, 5.74) is 1.65. The van der Waals surface area contributed by atoms with E-state index in [4.69, 9.17) is 4.74 Å². The van der Waals surface area contributed by atoms with Crippen molar-refractivity contribution in [3.8, 4) is 5.75 Å². The molecule has 136 valence electrons. The summed E-state index contributed by atoms with van der Waals surface area (Å²) in [6, 6.07) is 9.96. The van der Waals surface area contributed by atoms with Gasteiger partial charge in [-0.15, -0.1) is 12.4 Å². The zero-order valence-electron chi connectivity index (χ0n) is 14.4. The maximum absolute atomic E-state index is 12.1. The Hall–Kier alpha value is -2.05. The highest BCUT2D eigenvalue weighted by molar-refractivity contribution is 5.92. The van der Waals surface area contributed by atoms with Crippen LogP contribution in [0.25, 0.3) is 0 Å². The average molecular weight is 365 g/mol. The van der Waals surface area contributed by atoms with Crippen molar-refractivity contribution >= 4 is 18.3 Å². The third-order valence-corrected chi connectivity index (χ3v) is 4.16. The van der Waals surface area contributed by atoms with E-state index in [0.717, 1.165) is 31.7 Å². The van der Waals surface area contributed by atoms with Crippen LogP contribution in [0.4, 0.5) is 0 Å². The molecule has 1 aliphatic rings. The smallest absolute Gasteiger partial charge is 0.271 e. The molecule has 1 saturated heterocycles. The molecule has 1 fully saturated rings. The Bertz CT molecular complexity index is 666. The molecule has 2 aromatic rings. The first-order valence-corrected chi connectivity index (χ1v) is 8.46. The van der Waals surface area contributed by atoms with Crippen molar-refractivity contribution in [2.75, 3.05) is 26.2 Å². The lowest BCUT2D eigenvalue weighted by molar-refractivity contribution is 0.0940. The molecule has 7 heteroatoms. The number of piperidine rings is 1. The van der Waals surface area contributed by atoms with Crippen molar-refractivity contribution in [2.24, 2.45) is 0 Å². The number of hydrogen-bond donors (Lipinski definition) is 2. The number of benzene rings is 1. The van der Waals surface area contributed by atoms with Gasteiger partial charge in [-0.25, -0.2) is 0 Å². The monoisotopic (exact) mass is 364 g/mol. The van der Waals surface area contributed by atoms with Gasteiger partial charge in [-0.1, -0.05) is 17.7 Å². The van der Waals surface area contributed by atoms with Gasteiger partial charge in [0.1, 0.15) is 18.1 Å². The van der Waals surface area contributed by atoms with Crippen LogP contribution in [0, 0.1) is 6.92 Å². The first-order valence-electron chi connectivity index (χ1n) is 8.46. The summed E-state index contributed by atoms with van der Waals surface area (Å²) >= 11 is 0. The van der Waals surface area contributed by atoms with E-state index < -0.39 is 0 Å². The Kier molecular flexibility index (Phi) is 7.28. The van der Waals surface area contributed by atoms with Crippen molar-refractivity contribution in [3.63, 3.8) is 0 Å². The molecule has 3 rings (SSSR count). The Labute approximate surface area is 154 Å².